The van der Waals surface area contributed by atoms with E-state index in [0.717, 1.165) is 29.6 Å². The molecule has 136 valence electrons. The van der Waals surface area contributed by atoms with Gasteiger partial charge >= 0.3 is 0 Å². The Labute approximate surface area is 149 Å². The molecule has 0 bridgehead atoms. The van der Waals surface area contributed by atoms with Crippen molar-refractivity contribution in [3.8, 4) is 0 Å². The maximum Gasteiger partial charge on any atom is 0.0785 e. The zero-order chi connectivity index (χ0) is 17.9. The summed E-state index contributed by atoms with van der Waals surface area (Å²) in [4.78, 5) is 0. The zero-order valence-electron chi connectivity index (χ0n) is 16.4. The van der Waals surface area contributed by atoms with E-state index in [1.807, 2.05) is 0 Å². The van der Waals surface area contributed by atoms with E-state index in [1.54, 1.807) is 5.57 Å². The van der Waals surface area contributed by atoms with Crippen LogP contribution in [-0.4, -0.2) is 7.18 Å². The molecule has 0 radical (unpaired) electrons. The molecule has 0 aromatic rings. The van der Waals surface area contributed by atoms with Gasteiger partial charge in [0, 0.05) is 5.41 Å². The standard InChI is InChI=1S/C22H34.CH3F/c1-15(2)6-9-19-17(4)7-11-21-20(19)10-8-18-14-16(3)12-13-22(18,21)5;1-2/h12-15,17,19-21H,3,6-11H2,1-2,4-5H3;1H3. The van der Waals surface area contributed by atoms with Gasteiger partial charge in [-0.3, -0.25) is 4.39 Å². The van der Waals surface area contributed by atoms with Gasteiger partial charge in [0.2, 0.25) is 0 Å². The number of fused-ring (bicyclic) bond motifs is 3. The van der Waals surface area contributed by atoms with Crippen molar-refractivity contribution >= 4 is 0 Å². The lowest BCUT2D eigenvalue weighted by atomic mass is 9.50. The molecule has 0 aliphatic heterocycles. The molecule has 5 unspecified atom stereocenters. The fraction of sp³-hybridized carbons (Fsp3) is 0.739. The fourth-order valence-corrected chi connectivity index (χ4v) is 5.62. The zero-order valence-corrected chi connectivity index (χ0v) is 16.4. The van der Waals surface area contributed by atoms with Gasteiger partial charge in [-0.15, -0.1) is 0 Å². The minimum Gasteiger partial charge on any atom is -0.255 e. The molecule has 0 spiro atoms. The smallest absolute Gasteiger partial charge is 0.0785 e. The Hall–Kier alpha value is -0.850. The Bertz CT molecular complexity index is 498. The summed E-state index contributed by atoms with van der Waals surface area (Å²) in [5.74, 6) is 4.54. The number of alkyl halides is 1. The van der Waals surface area contributed by atoms with Gasteiger partial charge in [0.25, 0.3) is 0 Å². The SMILES string of the molecule is C=C1C=CC2(C)C(=C1)CCC1C(CCC(C)C)C(C)CCC12.CF. The van der Waals surface area contributed by atoms with Crippen LogP contribution in [0.25, 0.3) is 0 Å². The molecule has 2 fully saturated rings. The summed E-state index contributed by atoms with van der Waals surface area (Å²) in [6.07, 6.45) is 15.6. The summed E-state index contributed by atoms with van der Waals surface area (Å²) in [7, 11) is 0.500. The van der Waals surface area contributed by atoms with E-state index >= 15 is 0 Å². The van der Waals surface area contributed by atoms with E-state index in [2.05, 4.69) is 52.5 Å². The maximum atomic E-state index is 9.50. The Morgan fingerprint density at radius 3 is 2.62 bits per heavy atom. The average molecular weight is 333 g/mol. The van der Waals surface area contributed by atoms with Crippen molar-refractivity contribution in [1.29, 1.82) is 0 Å². The van der Waals surface area contributed by atoms with Crippen LogP contribution in [0.2, 0.25) is 0 Å². The Morgan fingerprint density at radius 2 is 1.96 bits per heavy atom. The lowest BCUT2D eigenvalue weighted by molar-refractivity contribution is 0.0156. The van der Waals surface area contributed by atoms with E-state index in [-0.39, 0.29) is 0 Å². The first-order chi connectivity index (χ1) is 11.4. The second kappa shape index (κ2) is 8.02. The third-order valence-corrected chi connectivity index (χ3v) is 7.02. The molecule has 0 N–H and O–H groups in total. The number of allylic oxidation sites excluding steroid dienone is 5. The van der Waals surface area contributed by atoms with Crippen LogP contribution in [0, 0.1) is 35.0 Å². The first-order valence-electron chi connectivity index (χ1n) is 9.89. The van der Waals surface area contributed by atoms with Crippen molar-refractivity contribution in [1.82, 2.24) is 0 Å². The highest BCUT2D eigenvalue weighted by Gasteiger charge is 2.49. The molecule has 2 saturated carbocycles. The lowest BCUT2D eigenvalue weighted by Gasteiger charge is -2.54. The highest BCUT2D eigenvalue weighted by molar-refractivity contribution is 5.43. The Morgan fingerprint density at radius 1 is 1.25 bits per heavy atom. The summed E-state index contributed by atoms with van der Waals surface area (Å²) < 4.78 is 9.50. The van der Waals surface area contributed by atoms with Gasteiger partial charge in [0.1, 0.15) is 0 Å². The van der Waals surface area contributed by atoms with Crippen LogP contribution in [0.4, 0.5) is 4.39 Å². The molecule has 0 saturated heterocycles. The van der Waals surface area contributed by atoms with Crippen LogP contribution in [-0.2, 0) is 0 Å². The van der Waals surface area contributed by atoms with Crippen LogP contribution >= 0.6 is 0 Å². The first kappa shape index (κ1) is 19.5. The molecule has 24 heavy (non-hydrogen) atoms. The summed E-state index contributed by atoms with van der Waals surface area (Å²) in [6, 6.07) is 0. The van der Waals surface area contributed by atoms with Crippen molar-refractivity contribution in [2.24, 2.45) is 35.0 Å². The number of hydrogen-bond donors (Lipinski definition) is 0. The van der Waals surface area contributed by atoms with Crippen molar-refractivity contribution < 1.29 is 4.39 Å². The van der Waals surface area contributed by atoms with Crippen LogP contribution in [0.5, 0.6) is 0 Å². The van der Waals surface area contributed by atoms with Crippen LogP contribution in [0.15, 0.2) is 36.0 Å². The van der Waals surface area contributed by atoms with E-state index in [9.17, 15) is 4.39 Å². The molecule has 1 heteroatoms. The monoisotopic (exact) mass is 332 g/mol. The van der Waals surface area contributed by atoms with Gasteiger partial charge in [-0.25, -0.2) is 0 Å². The molecular weight excluding hydrogens is 295 g/mol. The topological polar surface area (TPSA) is 0 Å². The number of rotatable bonds is 3. The van der Waals surface area contributed by atoms with Gasteiger partial charge in [0.15, 0.2) is 0 Å². The predicted octanol–water partition coefficient (Wildman–Crippen LogP) is 7.14. The second-order valence-corrected chi connectivity index (χ2v) is 8.86. The van der Waals surface area contributed by atoms with Crippen molar-refractivity contribution in [3.05, 3.63) is 36.0 Å². The molecule has 3 aliphatic rings. The molecular formula is C23H37F. The summed E-state index contributed by atoms with van der Waals surface area (Å²) in [5.41, 5.74) is 3.19. The van der Waals surface area contributed by atoms with Crippen LogP contribution in [0.3, 0.4) is 0 Å². The van der Waals surface area contributed by atoms with E-state index in [4.69, 9.17) is 0 Å². The molecule has 0 aromatic carbocycles. The largest absolute Gasteiger partial charge is 0.255 e. The third kappa shape index (κ3) is 3.70. The predicted molar refractivity (Wildman–Crippen MR) is 104 cm³/mol. The molecule has 0 amide bonds. The van der Waals surface area contributed by atoms with Crippen molar-refractivity contribution in [2.45, 2.75) is 66.2 Å². The first-order valence-corrected chi connectivity index (χ1v) is 9.89. The highest BCUT2D eigenvalue weighted by Crippen LogP contribution is 2.58. The van der Waals surface area contributed by atoms with Gasteiger partial charge < -0.3 is 0 Å². The summed E-state index contributed by atoms with van der Waals surface area (Å²) in [6.45, 7) is 13.9. The minimum absolute atomic E-state index is 0.320. The Balaban J connectivity index is 0.00000100. The lowest BCUT2D eigenvalue weighted by Crippen LogP contribution is -2.46. The average Bonchev–Trinajstić information content (AvgIpc) is 2.56. The van der Waals surface area contributed by atoms with Crippen molar-refractivity contribution in [2.75, 3.05) is 7.18 Å². The van der Waals surface area contributed by atoms with E-state index in [1.165, 1.54) is 44.1 Å². The van der Waals surface area contributed by atoms with Crippen LogP contribution < -0.4 is 0 Å². The molecule has 0 aromatic heterocycles. The van der Waals surface area contributed by atoms with Crippen LogP contribution in [0.1, 0.15) is 66.2 Å². The molecule has 5 atom stereocenters. The number of halogens is 1. The fourth-order valence-electron chi connectivity index (χ4n) is 5.62. The third-order valence-electron chi connectivity index (χ3n) is 7.02. The van der Waals surface area contributed by atoms with Crippen molar-refractivity contribution in [3.63, 3.8) is 0 Å². The number of hydrogen-bond acceptors (Lipinski definition) is 0. The van der Waals surface area contributed by atoms with E-state index < -0.39 is 0 Å². The Kier molecular flexibility index (Phi) is 6.51. The molecule has 3 aliphatic carbocycles. The minimum atomic E-state index is 0.320. The molecule has 0 nitrogen and oxygen atoms in total. The highest BCUT2D eigenvalue weighted by atomic mass is 19.1. The van der Waals surface area contributed by atoms with Gasteiger partial charge in [-0.05, 0) is 60.8 Å². The van der Waals surface area contributed by atoms with Gasteiger partial charge in [0.05, 0.1) is 7.18 Å². The maximum absolute atomic E-state index is 9.50. The second-order valence-electron chi connectivity index (χ2n) is 8.86. The molecule has 3 rings (SSSR count). The van der Waals surface area contributed by atoms with Gasteiger partial charge in [-0.2, -0.15) is 0 Å². The van der Waals surface area contributed by atoms with Gasteiger partial charge in [-0.1, -0.05) is 70.9 Å². The summed E-state index contributed by atoms with van der Waals surface area (Å²) in [5, 5.41) is 0. The summed E-state index contributed by atoms with van der Waals surface area (Å²) >= 11 is 0. The molecule has 0 heterocycles. The quantitative estimate of drug-likeness (QED) is 0.515. The van der Waals surface area contributed by atoms with E-state index in [0.29, 0.717) is 12.6 Å². The normalized spacial score (nSPS) is 38.0.